The van der Waals surface area contributed by atoms with Crippen LogP contribution in [0.15, 0.2) is 83.7 Å². The van der Waals surface area contributed by atoms with Gasteiger partial charge in [0.25, 0.3) is 17.4 Å². The molecule has 1 fully saturated rings. The molecule has 0 saturated carbocycles. The first-order valence-electron chi connectivity index (χ1n) is 18.3. The number of halogens is 6. The number of fused-ring (bicyclic) bond motifs is 1. The van der Waals surface area contributed by atoms with E-state index >= 15 is 0 Å². The number of alkyl halides is 3. The Morgan fingerprint density at radius 3 is 2.17 bits per heavy atom. The Morgan fingerprint density at radius 2 is 1.45 bits per heavy atom. The Kier molecular flexibility index (Phi) is 13.2. The number of piperazine rings is 1. The summed E-state index contributed by atoms with van der Waals surface area (Å²) in [5, 5.41) is 13.1. The third-order valence-electron chi connectivity index (χ3n) is 9.49. The molecule has 1 aromatic heterocycles. The van der Waals surface area contributed by atoms with Crippen LogP contribution in [0.4, 0.5) is 26.3 Å². The lowest BCUT2D eigenvalue weighted by Gasteiger charge is -2.35. The van der Waals surface area contributed by atoms with Crippen LogP contribution in [0.5, 0.6) is 0 Å². The molecule has 4 aromatic carbocycles. The molecule has 0 radical (unpaired) electrons. The highest BCUT2D eigenvalue weighted by atomic mass is 19.4. The van der Waals surface area contributed by atoms with Crippen LogP contribution in [0.2, 0.25) is 0 Å². The number of H-pyrrole nitrogens is 1. The molecule has 0 unspecified atom stereocenters. The largest absolute Gasteiger partial charge is 0.393 e. The van der Waals surface area contributed by atoms with Crippen molar-refractivity contribution in [1.29, 1.82) is 0 Å². The van der Waals surface area contributed by atoms with E-state index in [1.807, 2.05) is 0 Å². The van der Waals surface area contributed by atoms with Crippen LogP contribution in [0.25, 0.3) is 21.9 Å². The van der Waals surface area contributed by atoms with Crippen LogP contribution in [0, 0.1) is 17.5 Å². The van der Waals surface area contributed by atoms with E-state index < -0.39 is 47.4 Å². The van der Waals surface area contributed by atoms with E-state index in [0.717, 1.165) is 12.1 Å². The molecule has 0 aliphatic carbocycles. The molecule has 58 heavy (non-hydrogen) atoms. The molecule has 1 aliphatic heterocycles. The van der Waals surface area contributed by atoms with Gasteiger partial charge in [-0.25, -0.2) is 18.3 Å². The summed E-state index contributed by atoms with van der Waals surface area (Å²) >= 11 is 0. The van der Waals surface area contributed by atoms with Crippen molar-refractivity contribution in [2.75, 3.05) is 59.0 Å². The molecular formula is C41H38F6N6O5. The maximum Gasteiger partial charge on any atom is 0.393 e. The predicted molar refractivity (Wildman–Crippen MR) is 202 cm³/mol. The molecule has 6 rings (SSSR count). The molecule has 0 atom stereocenters. The third-order valence-corrected chi connectivity index (χ3v) is 9.49. The second-order valence-corrected chi connectivity index (χ2v) is 13.6. The average Bonchev–Trinajstić information content (AvgIpc) is 3.19. The molecule has 11 nitrogen and oxygen atoms in total. The zero-order chi connectivity index (χ0) is 41.4. The number of amides is 3. The third kappa shape index (κ3) is 10.5. The van der Waals surface area contributed by atoms with Crippen molar-refractivity contribution < 1.29 is 45.5 Å². The summed E-state index contributed by atoms with van der Waals surface area (Å²) in [5.41, 5.74) is 0.00674. The van der Waals surface area contributed by atoms with E-state index in [-0.39, 0.29) is 99.2 Å². The van der Waals surface area contributed by atoms with Crippen LogP contribution in [-0.4, -0.2) is 103 Å². The van der Waals surface area contributed by atoms with Crippen LogP contribution in [0.1, 0.15) is 37.5 Å². The summed E-state index contributed by atoms with van der Waals surface area (Å²) < 4.78 is 88.2. The highest BCUT2D eigenvalue weighted by molar-refractivity contribution is 5.96. The molecule has 0 bridgehead atoms. The lowest BCUT2D eigenvalue weighted by Crippen LogP contribution is -2.52. The van der Waals surface area contributed by atoms with Crippen molar-refractivity contribution in [3.63, 3.8) is 0 Å². The number of rotatable bonds is 14. The average molecular weight is 809 g/mol. The molecule has 1 aliphatic rings. The van der Waals surface area contributed by atoms with Crippen molar-refractivity contribution in [3.05, 3.63) is 135 Å². The minimum absolute atomic E-state index is 0.00486. The molecule has 0 spiro atoms. The topological polar surface area (TPSA) is 137 Å². The van der Waals surface area contributed by atoms with E-state index in [9.17, 15) is 45.5 Å². The van der Waals surface area contributed by atoms with Gasteiger partial charge < -0.3 is 25.2 Å². The second kappa shape index (κ2) is 18.5. The first-order valence-corrected chi connectivity index (χ1v) is 18.3. The SMILES string of the molecule is O=C(NCCOCCNCC(=O)N1CCN(C(=O)c2cc(Cc3n[nH]c(=O)c4ccccc34)ccc2F)CC1)c1c(F)cc(-c2cccc(CC(F)(F)F)c2)cc1F. The minimum atomic E-state index is -4.45. The zero-order valence-electron chi connectivity index (χ0n) is 30.9. The van der Waals surface area contributed by atoms with Crippen molar-refractivity contribution in [1.82, 2.24) is 30.6 Å². The molecule has 3 N–H and O–H groups in total. The minimum Gasteiger partial charge on any atom is -0.378 e. The number of aromatic amines is 1. The van der Waals surface area contributed by atoms with Crippen molar-refractivity contribution in [3.8, 4) is 11.1 Å². The Labute approximate surface area is 328 Å². The summed E-state index contributed by atoms with van der Waals surface area (Å²) in [6.07, 6.45) is -5.39. The summed E-state index contributed by atoms with van der Waals surface area (Å²) in [6, 6.07) is 18.2. The molecule has 5 aromatic rings. The summed E-state index contributed by atoms with van der Waals surface area (Å²) in [5.74, 6) is -4.78. The first kappa shape index (κ1) is 41.6. The highest BCUT2D eigenvalue weighted by Crippen LogP contribution is 2.28. The molecule has 2 heterocycles. The van der Waals surface area contributed by atoms with Crippen LogP contribution >= 0.6 is 0 Å². The molecule has 17 heteroatoms. The Balaban J connectivity index is 0.887. The van der Waals surface area contributed by atoms with Gasteiger partial charge in [-0.15, -0.1) is 0 Å². The molecular weight excluding hydrogens is 770 g/mol. The highest BCUT2D eigenvalue weighted by Gasteiger charge is 2.28. The number of hydrogen-bond acceptors (Lipinski definition) is 7. The Morgan fingerprint density at radius 1 is 0.759 bits per heavy atom. The number of carbonyl (C=O) groups excluding carboxylic acids is 3. The van der Waals surface area contributed by atoms with E-state index in [1.54, 1.807) is 35.2 Å². The van der Waals surface area contributed by atoms with Gasteiger partial charge in [-0.05, 0) is 52.6 Å². The fourth-order valence-corrected chi connectivity index (χ4v) is 6.60. The lowest BCUT2D eigenvalue weighted by molar-refractivity contribution is -0.131. The monoisotopic (exact) mass is 808 g/mol. The van der Waals surface area contributed by atoms with Gasteiger partial charge in [-0.1, -0.05) is 48.5 Å². The van der Waals surface area contributed by atoms with Gasteiger partial charge in [-0.3, -0.25) is 19.2 Å². The summed E-state index contributed by atoms with van der Waals surface area (Å²) in [4.78, 5) is 53.8. The zero-order valence-corrected chi connectivity index (χ0v) is 30.9. The van der Waals surface area contributed by atoms with Gasteiger partial charge in [0.05, 0.1) is 42.8 Å². The number of ether oxygens (including phenoxy) is 1. The van der Waals surface area contributed by atoms with Crippen LogP contribution in [0.3, 0.4) is 0 Å². The van der Waals surface area contributed by atoms with Crippen molar-refractivity contribution in [2.24, 2.45) is 0 Å². The number of carbonyl (C=O) groups is 3. The van der Waals surface area contributed by atoms with E-state index in [4.69, 9.17) is 4.74 Å². The van der Waals surface area contributed by atoms with Crippen molar-refractivity contribution in [2.45, 2.75) is 19.0 Å². The number of benzene rings is 4. The maximum absolute atomic E-state index is 14.9. The second-order valence-electron chi connectivity index (χ2n) is 13.6. The number of hydrogen-bond donors (Lipinski definition) is 3. The Hall–Kier alpha value is -6.07. The quantitative estimate of drug-likeness (QED) is 0.106. The van der Waals surface area contributed by atoms with E-state index in [2.05, 4.69) is 20.8 Å². The normalized spacial score (nSPS) is 13.2. The Bertz CT molecular complexity index is 2340. The number of nitrogens with one attached hydrogen (secondary N) is 3. The van der Waals surface area contributed by atoms with Gasteiger partial charge in [-0.2, -0.15) is 18.3 Å². The van der Waals surface area contributed by atoms with E-state index in [0.29, 0.717) is 22.0 Å². The summed E-state index contributed by atoms with van der Waals surface area (Å²) in [7, 11) is 0. The van der Waals surface area contributed by atoms with Crippen LogP contribution in [-0.2, 0) is 22.4 Å². The fourth-order valence-electron chi connectivity index (χ4n) is 6.60. The lowest BCUT2D eigenvalue weighted by atomic mass is 9.99. The van der Waals surface area contributed by atoms with Gasteiger partial charge in [0.15, 0.2) is 0 Å². The van der Waals surface area contributed by atoms with Gasteiger partial charge in [0, 0.05) is 51.1 Å². The summed E-state index contributed by atoms with van der Waals surface area (Å²) in [6.45, 7) is 1.21. The molecule has 1 saturated heterocycles. The predicted octanol–water partition coefficient (Wildman–Crippen LogP) is 5.02. The fraction of sp³-hybridized carbons (Fsp3) is 0.293. The van der Waals surface area contributed by atoms with Gasteiger partial charge in [0.1, 0.15) is 23.0 Å². The van der Waals surface area contributed by atoms with Crippen LogP contribution < -0.4 is 16.2 Å². The number of nitrogens with zero attached hydrogens (tertiary/aromatic N) is 3. The molecule has 304 valence electrons. The smallest absolute Gasteiger partial charge is 0.378 e. The van der Waals surface area contributed by atoms with E-state index in [1.165, 1.54) is 41.3 Å². The standard InChI is InChI=1S/C41H38F6N6O5/c42-32-9-8-25(20-35-29-6-1-2-7-30(29)38(55)51-50-35)19-31(32)40(57)53-14-12-52(13-15-53)36(54)24-48-10-16-58-17-11-49-39(56)37-33(43)21-28(22-34(37)44)27-5-3-4-26(18-27)23-41(45,46)47/h1-9,18-19,21-22,48H,10-17,20,23-24H2,(H,49,56)(H,51,55). The van der Waals surface area contributed by atoms with Gasteiger partial charge >= 0.3 is 6.18 Å². The first-order chi connectivity index (χ1) is 27.8. The maximum atomic E-state index is 14.9. The molecule has 3 amide bonds. The van der Waals surface area contributed by atoms with Crippen molar-refractivity contribution >= 4 is 28.5 Å². The number of aromatic nitrogens is 2. The van der Waals surface area contributed by atoms with Gasteiger partial charge in [0.2, 0.25) is 5.91 Å².